The lowest BCUT2D eigenvalue weighted by Gasteiger charge is -2.32. The van der Waals surface area contributed by atoms with Crippen molar-refractivity contribution in [2.24, 2.45) is 4.99 Å². The number of sulfonamides is 1. The summed E-state index contributed by atoms with van der Waals surface area (Å²) in [7, 11) is -2.07. The monoisotopic (exact) mass is 471 g/mol. The highest BCUT2D eigenvalue weighted by atomic mass is 79.9. The summed E-state index contributed by atoms with van der Waals surface area (Å²) in [6.07, 6.45) is 4.58. The van der Waals surface area contributed by atoms with Gasteiger partial charge in [-0.3, -0.25) is 0 Å². The van der Waals surface area contributed by atoms with Gasteiger partial charge in [-0.05, 0) is 25.5 Å². The highest BCUT2D eigenvalue weighted by Crippen LogP contribution is 2.15. The smallest absolute Gasteiger partial charge is 0.259 e. The molecule has 0 aromatic carbocycles. The first kappa shape index (κ1) is 22.5. The first-order valence-corrected chi connectivity index (χ1v) is 11.1. The molecular formula is C18H26BrN5O3S. The largest absolute Gasteiger partial charge is 0.375 e. The average Bonchev–Trinajstić information content (AvgIpc) is 2.65. The van der Waals surface area contributed by atoms with E-state index in [1.165, 1.54) is 12.3 Å². The van der Waals surface area contributed by atoms with Crippen LogP contribution in [-0.2, 0) is 14.8 Å². The second-order valence-corrected chi connectivity index (χ2v) is 9.00. The molecule has 10 heteroatoms. The highest BCUT2D eigenvalue weighted by molar-refractivity contribution is 9.10. The Hall–Kier alpha value is -1.75. The fourth-order valence-electron chi connectivity index (χ4n) is 2.60. The van der Waals surface area contributed by atoms with E-state index in [1.54, 1.807) is 30.4 Å². The molecule has 1 aromatic heterocycles. The molecule has 1 fully saturated rings. The Bertz CT molecular complexity index is 830. The number of nitrogens with zero attached hydrogens (tertiary/aromatic N) is 4. The minimum absolute atomic E-state index is 0.0620. The molecule has 1 aromatic rings. The molecule has 1 N–H and O–H groups in total. The van der Waals surface area contributed by atoms with E-state index >= 15 is 0 Å². The van der Waals surface area contributed by atoms with Gasteiger partial charge in [0.25, 0.3) is 10.0 Å². The number of morpholine rings is 1. The van der Waals surface area contributed by atoms with Crippen LogP contribution in [0.3, 0.4) is 0 Å². The van der Waals surface area contributed by atoms with Crippen LogP contribution in [0, 0.1) is 0 Å². The van der Waals surface area contributed by atoms with Gasteiger partial charge in [0.15, 0.2) is 5.03 Å². The number of rotatable bonds is 9. The zero-order valence-corrected chi connectivity index (χ0v) is 18.5. The third-order valence-electron chi connectivity index (χ3n) is 4.14. The lowest BCUT2D eigenvalue weighted by Crippen LogP contribution is -2.46. The van der Waals surface area contributed by atoms with Crippen molar-refractivity contribution in [1.29, 1.82) is 0 Å². The Morgan fingerprint density at radius 2 is 2.39 bits per heavy atom. The average molecular weight is 472 g/mol. The number of ether oxygens (including phenoxy) is 1. The first-order chi connectivity index (χ1) is 13.2. The van der Waals surface area contributed by atoms with Crippen LogP contribution in [0.15, 0.2) is 57.9 Å². The van der Waals surface area contributed by atoms with Gasteiger partial charge in [-0.2, -0.15) is 4.72 Å². The Balaban J connectivity index is 2.07. The molecule has 28 heavy (non-hydrogen) atoms. The maximum Gasteiger partial charge on any atom is 0.259 e. The van der Waals surface area contributed by atoms with Crippen molar-refractivity contribution in [3.05, 3.63) is 47.9 Å². The van der Waals surface area contributed by atoms with Crippen molar-refractivity contribution in [3.63, 3.8) is 0 Å². The van der Waals surface area contributed by atoms with Crippen molar-refractivity contribution in [2.45, 2.75) is 30.6 Å². The maximum absolute atomic E-state index is 12.7. The van der Waals surface area contributed by atoms with Crippen LogP contribution in [0.25, 0.3) is 0 Å². The van der Waals surface area contributed by atoms with Crippen LogP contribution in [0.5, 0.6) is 0 Å². The summed E-state index contributed by atoms with van der Waals surface area (Å²) in [5.41, 5.74) is 0. The summed E-state index contributed by atoms with van der Waals surface area (Å²) in [5.74, 6) is 0.607. The third-order valence-corrected chi connectivity index (χ3v) is 5.99. The molecule has 1 aliphatic heterocycles. The number of hydrogen-bond acceptors (Lipinski definition) is 6. The molecule has 0 spiro atoms. The molecule has 2 heterocycles. The molecule has 2 unspecified atom stereocenters. The number of aromatic nitrogens is 1. The SMILES string of the molecule is C=CCC(NS(=O)(=O)c1cc(Br)ccn1)N(C)C=NC(=C)N1CCOC(C)C1. The van der Waals surface area contributed by atoms with Crippen molar-refractivity contribution in [1.82, 2.24) is 19.5 Å². The van der Waals surface area contributed by atoms with Gasteiger partial charge in [0, 0.05) is 30.8 Å². The summed E-state index contributed by atoms with van der Waals surface area (Å²) in [4.78, 5) is 12.0. The molecule has 0 aliphatic carbocycles. The molecule has 2 atom stereocenters. The molecule has 0 bridgehead atoms. The van der Waals surface area contributed by atoms with E-state index in [1.807, 2.05) is 11.8 Å². The number of halogens is 1. The standard InChI is InChI=1S/C18H26BrN5O3S/c1-5-6-17(22-28(25,26)18-11-16(19)7-8-20-18)23(4)13-21-15(3)24-9-10-27-14(2)12-24/h5,7-8,11,13-14,17,22H,1,3,6,9-10,12H2,2,4H3. The second-order valence-electron chi connectivity index (χ2n) is 6.43. The van der Waals surface area contributed by atoms with Gasteiger partial charge in [-0.15, -0.1) is 6.58 Å². The van der Waals surface area contributed by atoms with Gasteiger partial charge in [0.05, 0.1) is 25.2 Å². The van der Waals surface area contributed by atoms with Gasteiger partial charge in [0.1, 0.15) is 5.82 Å². The fraction of sp³-hybridized carbons (Fsp3) is 0.444. The normalized spacial score (nSPS) is 18.8. The van der Waals surface area contributed by atoms with E-state index in [0.717, 1.165) is 13.1 Å². The van der Waals surface area contributed by atoms with Crippen molar-refractivity contribution in [3.8, 4) is 0 Å². The van der Waals surface area contributed by atoms with Gasteiger partial charge >= 0.3 is 0 Å². The Kier molecular flexibility index (Phi) is 8.17. The van der Waals surface area contributed by atoms with E-state index < -0.39 is 16.2 Å². The van der Waals surface area contributed by atoms with Crippen LogP contribution in [0.2, 0.25) is 0 Å². The Morgan fingerprint density at radius 3 is 3.04 bits per heavy atom. The number of nitrogens with one attached hydrogen (secondary N) is 1. The fourth-order valence-corrected chi connectivity index (χ4v) is 4.31. The first-order valence-electron chi connectivity index (χ1n) is 8.79. The predicted molar refractivity (Wildman–Crippen MR) is 113 cm³/mol. The van der Waals surface area contributed by atoms with Crippen LogP contribution in [0.4, 0.5) is 0 Å². The van der Waals surface area contributed by atoms with Gasteiger partial charge < -0.3 is 14.5 Å². The van der Waals surface area contributed by atoms with E-state index in [4.69, 9.17) is 4.74 Å². The summed E-state index contributed by atoms with van der Waals surface area (Å²) >= 11 is 3.26. The quantitative estimate of drug-likeness (QED) is 0.257. The van der Waals surface area contributed by atoms with Gasteiger partial charge in [-0.1, -0.05) is 28.6 Å². The third kappa shape index (κ3) is 6.40. The van der Waals surface area contributed by atoms with E-state index in [-0.39, 0.29) is 11.1 Å². The number of pyridine rings is 1. The van der Waals surface area contributed by atoms with Crippen molar-refractivity contribution >= 4 is 32.3 Å². The van der Waals surface area contributed by atoms with Crippen LogP contribution >= 0.6 is 15.9 Å². The lowest BCUT2D eigenvalue weighted by molar-refractivity contribution is -0.00601. The minimum Gasteiger partial charge on any atom is -0.375 e. The van der Waals surface area contributed by atoms with E-state index in [9.17, 15) is 8.42 Å². The molecule has 0 radical (unpaired) electrons. The van der Waals surface area contributed by atoms with E-state index in [2.05, 4.69) is 43.8 Å². The van der Waals surface area contributed by atoms with Crippen molar-refractivity contribution in [2.75, 3.05) is 26.7 Å². The summed E-state index contributed by atoms with van der Waals surface area (Å²) in [6, 6.07) is 3.11. The summed E-state index contributed by atoms with van der Waals surface area (Å²) < 4.78 is 34.1. The van der Waals surface area contributed by atoms with E-state index in [0.29, 0.717) is 23.3 Å². The lowest BCUT2D eigenvalue weighted by atomic mass is 10.3. The maximum atomic E-state index is 12.7. The minimum atomic E-state index is -3.81. The molecule has 2 rings (SSSR count). The molecule has 8 nitrogen and oxygen atoms in total. The van der Waals surface area contributed by atoms with Crippen molar-refractivity contribution < 1.29 is 13.2 Å². The van der Waals surface area contributed by atoms with Crippen LogP contribution in [0.1, 0.15) is 13.3 Å². The highest BCUT2D eigenvalue weighted by Gasteiger charge is 2.23. The van der Waals surface area contributed by atoms with Gasteiger partial charge in [0.2, 0.25) is 0 Å². The second kappa shape index (κ2) is 10.1. The van der Waals surface area contributed by atoms with Gasteiger partial charge in [-0.25, -0.2) is 18.4 Å². The Morgan fingerprint density at radius 1 is 1.64 bits per heavy atom. The zero-order chi connectivity index (χ0) is 20.7. The molecular weight excluding hydrogens is 446 g/mol. The van der Waals surface area contributed by atoms with Crippen LogP contribution < -0.4 is 4.72 Å². The molecule has 0 amide bonds. The Labute approximate surface area is 175 Å². The summed E-state index contributed by atoms with van der Waals surface area (Å²) in [6.45, 7) is 11.8. The molecule has 1 aliphatic rings. The molecule has 154 valence electrons. The topological polar surface area (TPSA) is 87.1 Å². The predicted octanol–water partition coefficient (Wildman–Crippen LogP) is 2.18. The number of hydrogen-bond donors (Lipinski definition) is 1. The summed E-state index contributed by atoms with van der Waals surface area (Å²) in [5, 5.41) is -0.0620. The molecule has 0 saturated carbocycles. The van der Waals surface area contributed by atoms with Crippen LogP contribution in [-0.4, -0.2) is 68.6 Å². The molecule has 1 saturated heterocycles. The zero-order valence-electron chi connectivity index (χ0n) is 16.1. The number of aliphatic imine (C=N–C) groups is 1.